The molecule has 0 aromatic carbocycles. The molecule has 0 fully saturated rings. The minimum absolute atomic E-state index is 0.113. The normalized spacial score (nSPS) is 9.40. The van der Waals surface area contributed by atoms with Crippen molar-refractivity contribution in [2.24, 2.45) is 0 Å². The monoisotopic (exact) mass is 216 g/mol. The van der Waals surface area contributed by atoms with Gasteiger partial charge in [-0.3, -0.25) is 9.97 Å². The molecular weight excluding hydrogens is 208 g/mol. The number of hydrogen-bond donors (Lipinski definition) is 1. The van der Waals surface area contributed by atoms with Crippen molar-refractivity contribution in [2.75, 3.05) is 6.61 Å². The minimum atomic E-state index is -0.113. The number of hydrogen-bond acceptors (Lipinski definition) is 4. The number of rotatable bonds is 1. The first-order valence-electron chi connectivity index (χ1n) is 4.36. The summed E-state index contributed by atoms with van der Waals surface area (Å²) in [6.07, 6.45) is 5.02. The van der Waals surface area contributed by atoms with E-state index in [2.05, 4.69) is 21.8 Å². The molecule has 2 rings (SSSR count). The number of aromatic nitrogens is 2. The van der Waals surface area contributed by atoms with E-state index in [0.29, 0.717) is 0 Å². The van der Waals surface area contributed by atoms with E-state index in [0.717, 1.165) is 15.4 Å². The Labute approximate surface area is 91.5 Å². The van der Waals surface area contributed by atoms with Gasteiger partial charge < -0.3 is 5.11 Å². The van der Waals surface area contributed by atoms with Gasteiger partial charge in [-0.05, 0) is 12.1 Å². The third-order valence-electron chi connectivity index (χ3n) is 1.71. The Morgan fingerprint density at radius 2 is 2.27 bits per heavy atom. The van der Waals surface area contributed by atoms with E-state index in [1.807, 2.05) is 12.1 Å². The van der Waals surface area contributed by atoms with Gasteiger partial charge in [0.05, 0.1) is 21.6 Å². The Bertz CT molecular complexity index is 496. The lowest BCUT2D eigenvalue weighted by Crippen LogP contribution is -1.79. The summed E-state index contributed by atoms with van der Waals surface area (Å²) in [4.78, 5) is 10.1. The van der Waals surface area contributed by atoms with Crippen LogP contribution in [0.3, 0.4) is 0 Å². The van der Waals surface area contributed by atoms with Crippen LogP contribution >= 0.6 is 11.3 Å². The summed E-state index contributed by atoms with van der Waals surface area (Å²) in [7, 11) is 0. The fourth-order valence-electron chi connectivity index (χ4n) is 1.10. The van der Waals surface area contributed by atoms with Crippen molar-refractivity contribution in [2.45, 2.75) is 0 Å². The lowest BCUT2D eigenvalue weighted by atomic mass is 10.3. The molecule has 2 aromatic rings. The van der Waals surface area contributed by atoms with Crippen LogP contribution in [0.1, 0.15) is 4.88 Å². The van der Waals surface area contributed by atoms with Crippen molar-refractivity contribution in [3.05, 3.63) is 35.6 Å². The second-order valence-electron chi connectivity index (χ2n) is 2.71. The summed E-state index contributed by atoms with van der Waals surface area (Å²) >= 11 is 1.54. The lowest BCUT2D eigenvalue weighted by Gasteiger charge is -1.91. The van der Waals surface area contributed by atoms with Gasteiger partial charge in [-0.2, -0.15) is 0 Å². The predicted molar refractivity (Wildman–Crippen MR) is 59.3 cm³/mol. The van der Waals surface area contributed by atoms with Crippen molar-refractivity contribution in [3.63, 3.8) is 0 Å². The number of aliphatic hydroxyl groups excluding tert-OH is 1. The van der Waals surface area contributed by atoms with Crippen LogP contribution in [0.15, 0.2) is 30.7 Å². The van der Waals surface area contributed by atoms with Gasteiger partial charge in [-0.15, -0.1) is 11.3 Å². The Hall–Kier alpha value is -1.70. The van der Waals surface area contributed by atoms with Crippen LogP contribution in [-0.4, -0.2) is 21.7 Å². The first-order chi connectivity index (χ1) is 7.40. The van der Waals surface area contributed by atoms with Gasteiger partial charge in [-0.1, -0.05) is 11.8 Å². The fourth-order valence-corrected chi connectivity index (χ4v) is 1.94. The van der Waals surface area contributed by atoms with Crippen molar-refractivity contribution in [3.8, 4) is 22.4 Å². The van der Waals surface area contributed by atoms with E-state index in [9.17, 15) is 0 Å². The van der Waals surface area contributed by atoms with Gasteiger partial charge in [0.1, 0.15) is 6.61 Å². The maximum atomic E-state index is 8.56. The Kier molecular flexibility index (Phi) is 3.08. The molecule has 74 valence electrons. The molecule has 0 spiro atoms. The molecule has 0 saturated carbocycles. The predicted octanol–water partition coefficient (Wildman–Crippen LogP) is 1.55. The zero-order chi connectivity index (χ0) is 10.5. The van der Waals surface area contributed by atoms with E-state index in [1.54, 1.807) is 18.6 Å². The van der Waals surface area contributed by atoms with Gasteiger partial charge in [0.25, 0.3) is 0 Å². The minimum Gasteiger partial charge on any atom is -0.384 e. The van der Waals surface area contributed by atoms with Gasteiger partial charge in [0, 0.05) is 12.4 Å². The van der Waals surface area contributed by atoms with Crippen LogP contribution in [0.2, 0.25) is 0 Å². The van der Waals surface area contributed by atoms with Crippen molar-refractivity contribution < 1.29 is 5.11 Å². The highest BCUT2D eigenvalue weighted by atomic mass is 32.1. The summed E-state index contributed by atoms with van der Waals surface area (Å²) in [6, 6.07) is 3.87. The van der Waals surface area contributed by atoms with E-state index in [1.165, 1.54) is 11.3 Å². The molecule has 0 aliphatic rings. The second kappa shape index (κ2) is 4.69. The number of thiophene rings is 1. The van der Waals surface area contributed by atoms with E-state index >= 15 is 0 Å². The second-order valence-corrected chi connectivity index (χ2v) is 3.80. The molecule has 0 atom stereocenters. The maximum Gasteiger partial charge on any atom is 0.104 e. The standard InChI is InChI=1S/C11H8N2OS/c14-7-1-2-9-3-4-11(15-9)10-8-12-5-6-13-10/h3-6,8,14H,7H2. The highest BCUT2D eigenvalue weighted by Gasteiger charge is 2.01. The third kappa shape index (κ3) is 2.40. The zero-order valence-corrected chi connectivity index (χ0v) is 8.66. The highest BCUT2D eigenvalue weighted by molar-refractivity contribution is 7.16. The highest BCUT2D eigenvalue weighted by Crippen LogP contribution is 2.24. The van der Waals surface area contributed by atoms with Crippen molar-refractivity contribution in [1.82, 2.24) is 9.97 Å². The summed E-state index contributed by atoms with van der Waals surface area (Å²) in [5.74, 6) is 5.46. The van der Waals surface area contributed by atoms with Crippen LogP contribution in [0, 0.1) is 11.8 Å². The molecular formula is C11H8N2OS. The van der Waals surface area contributed by atoms with Crippen LogP contribution in [0.25, 0.3) is 10.6 Å². The SMILES string of the molecule is OCC#Cc1ccc(-c2cnccn2)s1. The average molecular weight is 216 g/mol. The summed E-state index contributed by atoms with van der Waals surface area (Å²) in [6.45, 7) is -0.113. The van der Waals surface area contributed by atoms with Crippen molar-refractivity contribution in [1.29, 1.82) is 0 Å². The molecule has 0 aliphatic carbocycles. The topological polar surface area (TPSA) is 46.0 Å². The molecule has 3 nitrogen and oxygen atoms in total. The van der Waals surface area contributed by atoms with Gasteiger partial charge in [0.15, 0.2) is 0 Å². The Morgan fingerprint density at radius 1 is 1.33 bits per heavy atom. The van der Waals surface area contributed by atoms with E-state index in [4.69, 9.17) is 5.11 Å². The maximum absolute atomic E-state index is 8.56. The lowest BCUT2D eigenvalue weighted by molar-refractivity contribution is 0.350. The van der Waals surface area contributed by atoms with Gasteiger partial charge in [-0.25, -0.2) is 0 Å². The summed E-state index contributed by atoms with van der Waals surface area (Å²) in [5, 5.41) is 8.56. The zero-order valence-electron chi connectivity index (χ0n) is 7.84. The quantitative estimate of drug-likeness (QED) is 0.736. The summed E-state index contributed by atoms with van der Waals surface area (Å²) < 4.78 is 0. The molecule has 1 N–H and O–H groups in total. The molecule has 0 bridgehead atoms. The molecule has 0 radical (unpaired) electrons. The van der Waals surface area contributed by atoms with Crippen LogP contribution in [-0.2, 0) is 0 Å². The molecule has 0 amide bonds. The fraction of sp³-hybridized carbons (Fsp3) is 0.0909. The molecule has 15 heavy (non-hydrogen) atoms. The molecule has 0 aliphatic heterocycles. The molecule has 2 heterocycles. The largest absolute Gasteiger partial charge is 0.384 e. The molecule has 4 heteroatoms. The van der Waals surface area contributed by atoms with Gasteiger partial charge in [0.2, 0.25) is 0 Å². The van der Waals surface area contributed by atoms with Crippen LogP contribution in [0.4, 0.5) is 0 Å². The van der Waals surface area contributed by atoms with E-state index < -0.39 is 0 Å². The number of nitrogens with zero attached hydrogens (tertiary/aromatic N) is 2. The third-order valence-corrected chi connectivity index (χ3v) is 2.74. The smallest absolute Gasteiger partial charge is 0.104 e. The van der Waals surface area contributed by atoms with Crippen molar-refractivity contribution >= 4 is 11.3 Å². The molecule has 2 aromatic heterocycles. The van der Waals surface area contributed by atoms with E-state index in [-0.39, 0.29) is 6.61 Å². The Balaban J connectivity index is 2.28. The summed E-state index contributed by atoms with van der Waals surface area (Å²) in [5.41, 5.74) is 0.847. The first-order valence-corrected chi connectivity index (χ1v) is 5.18. The Morgan fingerprint density at radius 3 is 3.00 bits per heavy atom. The first kappa shape index (κ1) is 9.84. The average Bonchev–Trinajstić information content (AvgIpc) is 2.76. The molecule has 0 saturated heterocycles. The van der Waals surface area contributed by atoms with Gasteiger partial charge >= 0.3 is 0 Å². The van der Waals surface area contributed by atoms with Crippen LogP contribution in [0.5, 0.6) is 0 Å². The molecule has 0 unspecified atom stereocenters. The van der Waals surface area contributed by atoms with Crippen LogP contribution < -0.4 is 0 Å². The number of aliphatic hydroxyl groups is 1.